The summed E-state index contributed by atoms with van der Waals surface area (Å²) < 4.78 is 28.7. The normalized spacial score (nSPS) is 20.8. The Morgan fingerprint density at radius 3 is 2.54 bits per heavy atom. The van der Waals surface area contributed by atoms with Crippen molar-refractivity contribution in [2.45, 2.75) is 44.8 Å². The molecule has 0 N–H and O–H groups in total. The third-order valence-electron chi connectivity index (χ3n) is 5.21. The minimum Gasteiger partial charge on any atom is -0.435 e. The monoisotopic (exact) mass is 366 g/mol. The molecule has 1 aliphatic carbocycles. The van der Waals surface area contributed by atoms with Crippen molar-refractivity contribution in [3.63, 3.8) is 0 Å². The van der Waals surface area contributed by atoms with Crippen molar-refractivity contribution in [1.82, 2.24) is 9.80 Å². The standard InChI is InChI=1S/C19H24F2N2O3/c1-22(18(25)14-6-8-16(9-7-14)26-19(20)21)11-13-10-17(24)23(12-13)15-4-2-3-5-15/h6-9,13,15,19H,2-5,10-12H2,1H3. The zero-order valence-corrected chi connectivity index (χ0v) is 14.9. The molecular formula is C19H24F2N2O3. The van der Waals surface area contributed by atoms with Crippen LogP contribution in [0.4, 0.5) is 8.78 Å². The lowest BCUT2D eigenvalue weighted by Crippen LogP contribution is -2.36. The van der Waals surface area contributed by atoms with Gasteiger partial charge < -0.3 is 14.5 Å². The fraction of sp³-hybridized carbons (Fsp3) is 0.579. The number of benzene rings is 1. The fourth-order valence-corrected chi connectivity index (χ4v) is 3.97. The predicted octanol–water partition coefficient (Wildman–Crippen LogP) is 3.15. The van der Waals surface area contributed by atoms with Crippen LogP contribution >= 0.6 is 0 Å². The molecule has 7 heteroatoms. The summed E-state index contributed by atoms with van der Waals surface area (Å²) in [4.78, 5) is 28.4. The number of ether oxygens (including phenoxy) is 1. The van der Waals surface area contributed by atoms with Gasteiger partial charge in [-0.25, -0.2) is 0 Å². The quantitative estimate of drug-likeness (QED) is 0.777. The van der Waals surface area contributed by atoms with Crippen molar-refractivity contribution in [3.8, 4) is 5.75 Å². The van der Waals surface area contributed by atoms with Crippen molar-refractivity contribution in [2.75, 3.05) is 20.1 Å². The molecule has 1 saturated carbocycles. The van der Waals surface area contributed by atoms with Gasteiger partial charge in [-0.1, -0.05) is 12.8 Å². The lowest BCUT2D eigenvalue weighted by Gasteiger charge is -2.25. The van der Waals surface area contributed by atoms with Gasteiger partial charge in [0, 0.05) is 44.1 Å². The van der Waals surface area contributed by atoms with E-state index in [1.807, 2.05) is 4.90 Å². The van der Waals surface area contributed by atoms with Crippen molar-refractivity contribution >= 4 is 11.8 Å². The Balaban J connectivity index is 1.55. The molecule has 26 heavy (non-hydrogen) atoms. The molecule has 1 unspecified atom stereocenters. The summed E-state index contributed by atoms with van der Waals surface area (Å²) in [6.07, 6.45) is 5.02. The van der Waals surface area contributed by atoms with Gasteiger partial charge in [0.15, 0.2) is 0 Å². The van der Waals surface area contributed by atoms with E-state index in [-0.39, 0.29) is 23.5 Å². The van der Waals surface area contributed by atoms with E-state index in [1.54, 1.807) is 11.9 Å². The zero-order valence-electron chi connectivity index (χ0n) is 14.9. The van der Waals surface area contributed by atoms with Gasteiger partial charge in [-0.15, -0.1) is 0 Å². The van der Waals surface area contributed by atoms with E-state index in [0.717, 1.165) is 12.8 Å². The Morgan fingerprint density at radius 1 is 1.27 bits per heavy atom. The Hall–Kier alpha value is -2.18. The Bertz CT molecular complexity index is 645. The highest BCUT2D eigenvalue weighted by molar-refractivity contribution is 5.94. The average molecular weight is 366 g/mol. The van der Waals surface area contributed by atoms with E-state index < -0.39 is 6.61 Å². The number of rotatable bonds is 6. The second-order valence-electron chi connectivity index (χ2n) is 7.14. The summed E-state index contributed by atoms with van der Waals surface area (Å²) in [7, 11) is 1.70. The number of hydrogen-bond donors (Lipinski definition) is 0. The molecule has 2 fully saturated rings. The molecule has 0 radical (unpaired) electrons. The van der Waals surface area contributed by atoms with Crippen molar-refractivity contribution in [1.29, 1.82) is 0 Å². The molecule has 142 valence electrons. The Kier molecular flexibility index (Phi) is 5.74. The SMILES string of the molecule is CN(CC1CC(=O)N(C2CCCC2)C1)C(=O)c1ccc(OC(F)F)cc1. The van der Waals surface area contributed by atoms with Crippen LogP contribution in [-0.4, -0.2) is 54.4 Å². The number of carbonyl (C=O) groups excluding carboxylic acids is 2. The van der Waals surface area contributed by atoms with Crippen LogP contribution in [0.1, 0.15) is 42.5 Å². The van der Waals surface area contributed by atoms with Gasteiger partial charge >= 0.3 is 6.61 Å². The molecule has 0 spiro atoms. The first kappa shape index (κ1) is 18.6. The van der Waals surface area contributed by atoms with Crippen molar-refractivity contribution in [3.05, 3.63) is 29.8 Å². The largest absolute Gasteiger partial charge is 0.435 e. The Morgan fingerprint density at radius 2 is 1.92 bits per heavy atom. The minimum atomic E-state index is -2.89. The molecule has 1 aromatic rings. The first-order valence-corrected chi connectivity index (χ1v) is 9.04. The molecule has 1 heterocycles. The van der Waals surface area contributed by atoms with Gasteiger partial charge in [-0.2, -0.15) is 8.78 Å². The van der Waals surface area contributed by atoms with Crippen molar-refractivity contribution < 1.29 is 23.1 Å². The van der Waals surface area contributed by atoms with Gasteiger partial charge in [0.25, 0.3) is 5.91 Å². The topological polar surface area (TPSA) is 49.9 Å². The summed E-state index contributed by atoms with van der Waals surface area (Å²) >= 11 is 0. The summed E-state index contributed by atoms with van der Waals surface area (Å²) in [6, 6.07) is 6.03. The highest BCUT2D eigenvalue weighted by Gasteiger charge is 2.36. The van der Waals surface area contributed by atoms with Crippen LogP contribution in [0.3, 0.4) is 0 Å². The average Bonchev–Trinajstić information content (AvgIpc) is 3.24. The minimum absolute atomic E-state index is 0.0211. The van der Waals surface area contributed by atoms with E-state index in [0.29, 0.717) is 31.1 Å². The van der Waals surface area contributed by atoms with E-state index >= 15 is 0 Å². The molecular weight excluding hydrogens is 342 g/mol. The van der Waals surface area contributed by atoms with Crippen LogP contribution in [0.15, 0.2) is 24.3 Å². The van der Waals surface area contributed by atoms with Gasteiger partial charge in [0.05, 0.1) is 0 Å². The van der Waals surface area contributed by atoms with Crippen LogP contribution in [0.5, 0.6) is 5.75 Å². The molecule has 1 atom stereocenters. The maximum absolute atomic E-state index is 12.5. The molecule has 0 bridgehead atoms. The molecule has 2 aliphatic rings. The maximum atomic E-state index is 12.5. The van der Waals surface area contributed by atoms with Crippen LogP contribution < -0.4 is 4.74 Å². The third kappa shape index (κ3) is 4.31. The number of hydrogen-bond acceptors (Lipinski definition) is 3. The molecule has 5 nitrogen and oxygen atoms in total. The number of halogens is 2. The predicted molar refractivity (Wildman–Crippen MR) is 92.1 cm³/mol. The number of likely N-dealkylation sites (tertiary alicyclic amines) is 1. The van der Waals surface area contributed by atoms with E-state index in [4.69, 9.17) is 0 Å². The van der Waals surface area contributed by atoms with Crippen LogP contribution in [0, 0.1) is 5.92 Å². The van der Waals surface area contributed by atoms with Gasteiger partial charge in [-0.05, 0) is 37.1 Å². The number of amides is 2. The molecule has 3 rings (SSSR count). The third-order valence-corrected chi connectivity index (χ3v) is 5.21. The Labute approximate surface area is 151 Å². The van der Waals surface area contributed by atoms with Crippen LogP contribution in [0.2, 0.25) is 0 Å². The second-order valence-corrected chi connectivity index (χ2v) is 7.14. The lowest BCUT2D eigenvalue weighted by atomic mass is 10.1. The zero-order chi connectivity index (χ0) is 18.7. The van der Waals surface area contributed by atoms with E-state index in [1.165, 1.54) is 37.1 Å². The molecule has 0 aromatic heterocycles. The molecule has 1 aromatic carbocycles. The van der Waals surface area contributed by atoms with Gasteiger partial charge in [-0.3, -0.25) is 9.59 Å². The first-order chi connectivity index (χ1) is 12.4. The van der Waals surface area contributed by atoms with Crippen LogP contribution in [0.25, 0.3) is 0 Å². The lowest BCUT2D eigenvalue weighted by molar-refractivity contribution is -0.129. The van der Waals surface area contributed by atoms with Gasteiger partial charge in [0.2, 0.25) is 5.91 Å². The summed E-state index contributed by atoms with van der Waals surface area (Å²) in [5, 5.41) is 0. The number of carbonyl (C=O) groups is 2. The van der Waals surface area contributed by atoms with E-state index in [9.17, 15) is 18.4 Å². The summed E-state index contributed by atoms with van der Waals surface area (Å²) in [5.74, 6) is 0.155. The van der Waals surface area contributed by atoms with Gasteiger partial charge in [0.1, 0.15) is 5.75 Å². The molecule has 2 amide bonds. The summed E-state index contributed by atoms with van der Waals surface area (Å²) in [6.45, 7) is -1.67. The molecule has 1 saturated heterocycles. The second kappa shape index (κ2) is 8.01. The number of alkyl halides is 2. The smallest absolute Gasteiger partial charge is 0.387 e. The molecule has 1 aliphatic heterocycles. The highest BCUT2D eigenvalue weighted by atomic mass is 19.3. The highest BCUT2D eigenvalue weighted by Crippen LogP contribution is 2.29. The first-order valence-electron chi connectivity index (χ1n) is 9.04. The van der Waals surface area contributed by atoms with Crippen molar-refractivity contribution in [2.24, 2.45) is 5.92 Å². The van der Waals surface area contributed by atoms with Crippen LogP contribution in [-0.2, 0) is 4.79 Å². The number of nitrogens with zero attached hydrogens (tertiary/aromatic N) is 2. The van der Waals surface area contributed by atoms with E-state index in [2.05, 4.69) is 4.74 Å². The fourth-order valence-electron chi connectivity index (χ4n) is 3.97. The summed E-state index contributed by atoms with van der Waals surface area (Å²) in [5.41, 5.74) is 0.408. The maximum Gasteiger partial charge on any atom is 0.387 e.